The number of benzene rings is 2. The molecule has 1 nitrogen and oxygen atoms in total. The lowest BCUT2D eigenvalue weighted by molar-refractivity contribution is 0.471. The Labute approximate surface area is 84.7 Å². The molecule has 1 N–H and O–H groups in total. The second-order valence-electron chi connectivity index (χ2n) is 2.94. The Bertz CT molecular complexity index is 307. The first-order valence-corrected chi connectivity index (χ1v) is 4.55. The fourth-order valence-electron chi connectivity index (χ4n) is 0.948. The molecule has 0 saturated heterocycles. The molecule has 14 heavy (non-hydrogen) atoms. The van der Waals surface area contributed by atoms with E-state index in [1.807, 2.05) is 61.5 Å². The Morgan fingerprint density at radius 1 is 0.714 bits per heavy atom. The van der Waals surface area contributed by atoms with Crippen molar-refractivity contribution < 1.29 is 5.11 Å². The topological polar surface area (TPSA) is 20.2 Å². The van der Waals surface area contributed by atoms with Gasteiger partial charge < -0.3 is 5.11 Å². The summed E-state index contributed by atoms with van der Waals surface area (Å²) in [5.74, 6) is 0.368. The van der Waals surface area contributed by atoms with E-state index in [9.17, 15) is 0 Å². The molecule has 0 spiro atoms. The highest BCUT2D eigenvalue weighted by atomic mass is 16.3. The summed E-state index contributed by atoms with van der Waals surface area (Å²) >= 11 is 0. The average Bonchev–Trinajstić information content (AvgIpc) is 2.26. The number of para-hydroxylation sites is 1. The lowest BCUT2D eigenvalue weighted by atomic mass is 10.2. The van der Waals surface area contributed by atoms with E-state index in [0.29, 0.717) is 5.75 Å². The van der Waals surface area contributed by atoms with Crippen LogP contribution in [0.2, 0.25) is 0 Å². The number of phenolic OH excluding ortho intramolecular Hbond substituents is 1. The van der Waals surface area contributed by atoms with Gasteiger partial charge in [0.05, 0.1) is 0 Å². The number of aromatic hydroxyl groups is 1. The van der Waals surface area contributed by atoms with Crippen LogP contribution in [0.15, 0.2) is 60.7 Å². The molecule has 0 aliphatic rings. The number of aryl methyl sites for hydroxylation is 1. The van der Waals surface area contributed by atoms with Crippen LogP contribution in [-0.2, 0) is 0 Å². The Kier molecular flexibility index (Phi) is 4.29. The van der Waals surface area contributed by atoms with Crippen molar-refractivity contribution in [2.75, 3.05) is 0 Å². The molecule has 0 heterocycles. The fourth-order valence-corrected chi connectivity index (χ4v) is 0.948. The van der Waals surface area contributed by atoms with Crippen molar-refractivity contribution in [3.05, 3.63) is 66.2 Å². The summed E-state index contributed by atoms with van der Waals surface area (Å²) < 4.78 is 0. The first-order valence-electron chi connectivity index (χ1n) is 4.55. The zero-order valence-electron chi connectivity index (χ0n) is 8.22. The van der Waals surface area contributed by atoms with Crippen molar-refractivity contribution in [2.45, 2.75) is 6.92 Å². The third-order valence-electron chi connectivity index (χ3n) is 1.78. The van der Waals surface area contributed by atoms with Gasteiger partial charge in [-0.05, 0) is 18.6 Å². The van der Waals surface area contributed by atoms with Gasteiger partial charge in [0.15, 0.2) is 0 Å². The summed E-state index contributed by atoms with van der Waals surface area (Å²) in [7, 11) is 0. The van der Waals surface area contributed by atoms with Crippen molar-refractivity contribution >= 4 is 0 Å². The molecule has 0 aliphatic carbocycles. The average molecular weight is 186 g/mol. The predicted octanol–water partition coefficient (Wildman–Crippen LogP) is 3.39. The van der Waals surface area contributed by atoms with E-state index in [-0.39, 0.29) is 0 Å². The van der Waals surface area contributed by atoms with Gasteiger partial charge in [-0.15, -0.1) is 0 Å². The van der Waals surface area contributed by atoms with Crippen LogP contribution >= 0.6 is 0 Å². The van der Waals surface area contributed by atoms with Gasteiger partial charge in [0, 0.05) is 0 Å². The first kappa shape index (κ1) is 10.3. The largest absolute Gasteiger partial charge is 0.508 e. The monoisotopic (exact) mass is 186 g/mol. The molecule has 0 radical (unpaired) electrons. The van der Waals surface area contributed by atoms with Crippen molar-refractivity contribution in [1.29, 1.82) is 0 Å². The Balaban J connectivity index is 0.000000146. The molecular formula is C13H14O. The molecule has 1 heteroatoms. The van der Waals surface area contributed by atoms with Gasteiger partial charge in [0.2, 0.25) is 0 Å². The minimum atomic E-state index is 0.368. The van der Waals surface area contributed by atoms with Gasteiger partial charge in [0.1, 0.15) is 5.75 Å². The van der Waals surface area contributed by atoms with Gasteiger partial charge in [0.25, 0.3) is 0 Å². The molecule has 0 saturated carbocycles. The number of hydrogen-bond donors (Lipinski definition) is 1. The maximum Gasteiger partial charge on any atom is 0.118 e. The number of hydrogen-bond acceptors (Lipinski definition) is 1. The molecule has 2 rings (SSSR count). The molecule has 0 unspecified atom stereocenters. The lowest BCUT2D eigenvalue weighted by Crippen LogP contribution is -1.68. The van der Waals surface area contributed by atoms with Crippen molar-refractivity contribution in [2.24, 2.45) is 0 Å². The summed E-state index contributed by atoms with van der Waals surface area (Å²) in [6.07, 6.45) is 0. The molecule has 0 atom stereocenters. The highest BCUT2D eigenvalue weighted by molar-refractivity contribution is 5.29. The molecule has 0 aromatic heterocycles. The van der Waals surface area contributed by atoms with Crippen LogP contribution < -0.4 is 0 Å². The van der Waals surface area contributed by atoms with E-state index >= 15 is 0 Å². The Hall–Kier alpha value is -1.76. The van der Waals surface area contributed by atoms with Crippen LogP contribution in [0, 0.1) is 6.92 Å². The van der Waals surface area contributed by atoms with Crippen LogP contribution in [-0.4, -0.2) is 5.11 Å². The van der Waals surface area contributed by atoms with E-state index in [0.717, 1.165) is 5.56 Å². The van der Waals surface area contributed by atoms with Crippen LogP contribution in [0.4, 0.5) is 0 Å². The van der Waals surface area contributed by atoms with Crippen LogP contribution in [0.3, 0.4) is 0 Å². The van der Waals surface area contributed by atoms with Crippen molar-refractivity contribution in [3.8, 4) is 5.75 Å². The van der Waals surface area contributed by atoms with E-state index in [1.165, 1.54) is 0 Å². The third kappa shape index (κ3) is 3.76. The smallest absolute Gasteiger partial charge is 0.118 e. The van der Waals surface area contributed by atoms with Gasteiger partial charge >= 0.3 is 0 Å². The Morgan fingerprint density at radius 2 is 1.14 bits per heavy atom. The van der Waals surface area contributed by atoms with Gasteiger partial charge in [-0.3, -0.25) is 0 Å². The minimum Gasteiger partial charge on any atom is -0.508 e. The summed E-state index contributed by atoms with van der Waals surface area (Å²) in [6.45, 7) is 1.87. The second kappa shape index (κ2) is 5.81. The highest BCUT2D eigenvalue weighted by Gasteiger charge is 1.86. The lowest BCUT2D eigenvalue weighted by Gasteiger charge is -1.92. The minimum absolute atomic E-state index is 0.368. The summed E-state index contributed by atoms with van der Waals surface area (Å²) in [5, 5.41) is 8.92. The molecule has 0 fully saturated rings. The molecule has 0 bridgehead atoms. The van der Waals surface area contributed by atoms with Gasteiger partial charge in [-0.25, -0.2) is 0 Å². The normalized spacial score (nSPS) is 8.64. The number of phenols is 1. The summed E-state index contributed by atoms with van der Waals surface area (Å²) in [4.78, 5) is 0. The predicted molar refractivity (Wildman–Crippen MR) is 59.3 cm³/mol. The van der Waals surface area contributed by atoms with Crippen molar-refractivity contribution in [1.82, 2.24) is 0 Å². The zero-order chi connectivity index (χ0) is 10.2. The quantitative estimate of drug-likeness (QED) is 0.668. The summed E-state index contributed by atoms with van der Waals surface area (Å²) in [6, 6.07) is 19.3. The van der Waals surface area contributed by atoms with Crippen LogP contribution in [0.25, 0.3) is 0 Å². The SMILES string of the molecule is Cc1ccccc1O.c1ccccc1. The highest BCUT2D eigenvalue weighted by Crippen LogP contribution is 2.12. The maximum atomic E-state index is 8.92. The van der Waals surface area contributed by atoms with E-state index < -0.39 is 0 Å². The van der Waals surface area contributed by atoms with Gasteiger partial charge in [-0.1, -0.05) is 54.6 Å². The third-order valence-corrected chi connectivity index (χ3v) is 1.78. The molecule has 0 amide bonds. The van der Waals surface area contributed by atoms with E-state index in [4.69, 9.17) is 5.11 Å². The van der Waals surface area contributed by atoms with Crippen LogP contribution in [0.1, 0.15) is 5.56 Å². The molecule has 72 valence electrons. The zero-order valence-corrected chi connectivity index (χ0v) is 8.22. The number of rotatable bonds is 0. The fraction of sp³-hybridized carbons (Fsp3) is 0.0769. The molecule has 0 aliphatic heterocycles. The molecular weight excluding hydrogens is 172 g/mol. The maximum absolute atomic E-state index is 8.92. The van der Waals surface area contributed by atoms with E-state index in [1.54, 1.807) is 6.07 Å². The standard InChI is InChI=1S/C7H8O.C6H6/c1-6-4-2-3-5-7(6)8;1-2-4-6-5-3-1/h2-5,8H,1H3;1-6H. The molecule has 2 aromatic carbocycles. The van der Waals surface area contributed by atoms with Crippen molar-refractivity contribution in [3.63, 3.8) is 0 Å². The van der Waals surface area contributed by atoms with Gasteiger partial charge in [-0.2, -0.15) is 0 Å². The first-order chi connectivity index (χ1) is 6.80. The Morgan fingerprint density at radius 3 is 1.43 bits per heavy atom. The second-order valence-corrected chi connectivity index (χ2v) is 2.94. The molecule has 2 aromatic rings. The summed E-state index contributed by atoms with van der Waals surface area (Å²) in [5.41, 5.74) is 0.924. The van der Waals surface area contributed by atoms with Crippen LogP contribution in [0.5, 0.6) is 5.75 Å². The van der Waals surface area contributed by atoms with E-state index in [2.05, 4.69) is 0 Å².